The molecule has 2 N–H and O–H groups in total. The molecule has 0 saturated heterocycles. The molecule has 3 aromatic rings. The predicted molar refractivity (Wildman–Crippen MR) is 96.9 cm³/mol. The summed E-state index contributed by atoms with van der Waals surface area (Å²) in [4.78, 5) is 12.3. The second-order valence-electron chi connectivity index (χ2n) is 5.97. The number of hydrogen-bond acceptors (Lipinski definition) is 2. The van der Waals surface area contributed by atoms with E-state index in [4.69, 9.17) is 0 Å². The van der Waals surface area contributed by atoms with Crippen LogP contribution in [0.3, 0.4) is 0 Å². The van der Waals surface area contributed by atoms with Crippen molar-refractivity contribution in [3.8, 4) is 11.1 Å². The number of aryl methyl sites for hydroxylation is 3. The predicted octanol–water partition coefficient (Wildman–Crippen LogP) is 4.26. The van der Waals surface area contributed by atoms with E-state index in [1.54, 1.807) is 0 Å². The fraction of sp³-hybridized carbons (Fsp3) is 0.200. The molecule has 4 nitrogen and oxygen atoms in total. The Kier molecular flexibility index (Phi) is 4.75. The molecule has 0 aliphatic rings. The van der Waals surface area contributed by atoms with Gasteiger partial charge in [0, 0.05) is 17.7 Å². The van der Waals surface area contributed by atoms with E-state index in [0.717, 1.165) is 28.8 Å². The van der Waals surface area contributed by atoms with Crippen molar-refractivity contribution < 1.29 is 4.79 Å². The van der Waals surface area contributed by atoms with Gasteiger partial charge in [-0.3, -0.25) is 9.89 Å². The Labute approximate surface area is 141 Å². The molecular formula is C20H21N3O. The van der Waals surface area contributed by atoms with Crippen LogP contribution in [0, 0.1) is 13.8 Å². The molecule has 1 heterocycles. The third-order valence-corrected chi connectivity index (χ3v) is 4.03. The molecule has 0 bridgehead atoms. The lowest BCUT2D eigenvalue weighted by molar-refractivity contribution is -0.116. The maximum atomic E-state index is 12.3. The fourth-order valence-corrected chi connectivity index (χ4v) is 2.69. The number of carbonyl (C=O) groups excluding carboxylic acids is 1. The Morgan fingerprint density at radius 2 is 1.75 bits per heavy atom. The molecule has 1 amide bonds. The van der Waals surface area contributed by atoms with Crippen LogP contribution in [0.15, 0.2) is 54.6 Å². The molecule has 0 atom stereocenters. The monoisotopic (exact) mass is 319 g/mol. The average Bonchev–Trinajstić information content (AvgIpc) is 2.95. The molecule has 3 rings (SSSR count). The second-order valence-corrected chi connectivity index (χ2v) is 5.97. The summed E-state index contributed by atoms with van der Waals surface area (Å²) >= 11 is 0. The Balaban J connectivity index is 1.71. The number of nitrogens with zero attached hydrogens (tertiary/aromatic N) is 1. The summed E-state index contributed by atoms with van der Waals surface area (Å²) in [5.41, 5.74) is 5.29. The lowest BCUT2D eigenvalue weighted by Crippen LogP contribution is -2.13. The smallest absolute Gasteiger partial charge is 0.225 e. The van der Waals surface area contributed by atoms with Crippen molar-refractivity contribution in [1.82, 2.24) is 10.2 Å². The van der Waals surface area contributed by atoms with E-state index in [2.05, 4.69) is 34.6 Å². The Morgan fingerprint density at radius 1 is 1.04 bits per heavy atom. The Morgan fingerprint density at radius 3 is 2.46 bits per heavy atom. The van der Waals surface area contributed by atoms with Gasteiger partial charge in [0.2, 0.25) is 5.91 Å². The van der Waals surface area contributed by atoms with Crippen LogP contribution in [0.1, 0.15) is 23.2 Å². The molecule has 122 valence electrons. The molecule has 0 radical (unpaired) electrons. The van der Waals surface area contributed by atoms with Crippen LogP contribution in [-0.2, 0) is 11.2 Å². The van der Waals surface area contributed by atoms with Crippen molar-refractivity contribution in [1.29, 1.82) is 0 Å². The summed E-state index contributed by atoms with van der Waals surface area (Å²) in [5.74, 6) is 0.563. The SMILES string of the molecule is Cc1ccc(-c2c(NC(=O)CCc3ccccc3)n[nH]c2C)cc1. The second kappa shape index (κ2) is 7.13. The Hall–Kier alpha value is -2.88. The first-order chi connectivity index (χ1) is 11.6. The van der Waals surface area contributed by atoms with Gasteiger partial charge in [-0.1, -0.05) is 60.2 Å². The molecule has 0 saturated carbocycles. The summed E-state index contributed by atoms with van der Waals surface area (Å²) in [6.07, 6.45) is 1.15. The van der Waals surface area contributed by atoms with Gasteiger partial charge in [-0.05, 0) is 31.4 Å². The topological polar surface area (TPSA) is 57.8 Å². The van der Waals surface area contributed by atoms with Crippen LogP contribution in [0.2, 0.25) is 0 Å². The summed E-state index contributed by atoms with van der Waals surface area (Å²) in [6, 6.07) is 18.2. The summed E-state index contributed by atoms with van der Waals surface area (Å²) in [6.45, 7) is 4.01. The lowest BCUT2D eigenvalue weighted by Gasteiger charge is -2.07. The quantitative estimate of drug-likeness (QED) is 0.738. The van der Waals surface area contributed by atoms with Crippen LogP contribution in [0.5, 0.6) is 0 Å². The van der Waals surface area contributed by atoms with Gasteiger partial charge in [0.05, 0.1) is 0 Å². The van der Waals surface area contributed by atoms with E-state index < -0.39 is 0 Å². The van der Waals surface area contributed by atoms with Crippen LogP contribution in [-0.4, -0.2) is 16.1 Å². The first-order valence-electron chi connectivity index (χ1n) is 8.09. The van der Waals surface area contributed by atoms with Gasteiger partial charge < -0.3 is 5.32 Å². The van der Waals surface area contributed by atoms with E-state index in [1.165, 1.54) is 5.56 Å². The van der Waals surface area contributed by atoms with Gasteiger partial charge in [-0.2, -0.15) is 5.10 Å². The van der Waals surface area contributed by atoms with Gasteiger partial charge in [-0.25, -0.2) is 0 Å². The van der Waals surface area contributed by atoms with Crippen LogP contribution < -0.4 is 5.32 Å². The van der Waals surface area contributed by atoms with Crippen LogP contribution in [0.25, 0.3) is 11.1 Å². The number of carbonyl (C=O) groups is 1. The number of aromatic nitrogens is 2. The maximum Gasteiger partial charge on any atom is 0.225 e. The number of aromatic amines is 1. The number of nitrogens with one attached hydrogen (secondary N) is 2. The van der Waals surface area contributed by atoms with Gasteiger partial charge in [0.1, 0.15) is 0 Å². The van der Waals surface area contributed by atoms with E-state index in [0.29, 0.717) is 12.2 Å². The highest BCUT2D eigenvalue weighted by Crippen LogP contribution is 2.29. The molecule has 4 heteroatoms. The standard InChI is InChI=1S/C20H21N3O/c1-14-8-11-17(12-9-14)19-15(2)22-23-20(19)21-18(24)13-10-16-6-4-3-5-7-16/h3-9,11-12H,10,13H2,1-2H3,(H2,21,22,23,24). The zero-order chi connectivity index (χ0) is 16.9. The van der Waals surface area contributed by atoms with Gasteiger partial charge in [0.25, 0.3) is 0 Å². The minimum atomic E-state index is -0.0290. The highest BCUT2D eigenvalue weighted by molar-refractivity contribution is 5.94. The zero-order valence-electron chi connectivity index (χ0n) is 14.0. The van der Waals surface area contributed by atoms with Crippen molar-refractivity contribution in [3.05, 3.63) is 71.4 Å². The van der Waals surface area contributed by atoms with Crippen molar-refractivity contribution in [2.45, 2.75) is 26.7 Å². The first-order valence-corrected chi connectivity index (χ1v) is 8.09. The van der Waals surface area contributed by atoms with Gasteiger partial charge in [-0.15, -0.1) is 0 Å². The van der Waals surface area contributed by atoms with E-state index in [-0.39, 0.29) is 5.91 Å². The largest absolute Gasteiger partial charge is 0.309 e. The molecule has 0 spiro atoms. The van der Waals surface area contributed by atoms with Crippen molar-refractivity contribution in [3.63, 3.8) is 0 Å². The van der Waals surface area contributed by atoms with E-state index >= 15 is 0 Å². The van der Waals surface area contributed by atoms with Crippen molar-refractivity contribution >= 4 is 11.7 Å². The molecule has 1 aromatic heterocycles. The molecule has 0 unspecified atom stereocenters. The number of H-pyrrole nitrogens is 1. The zero-order valence-corrected chi connectivity index (χ0v) is 14.0. The third-order valence-electron chi connectivity index (χ3n) is 4.03. The first kappa shape index (κ1) is 16.0. The minimum absolute atomic E-state index is 0.0290. The number of hydrogen-bond donors (Lipinski definition) is 2. The maximum absolute atomic E-state index is 12.3. The van der Waals surface area contributed by atoms with Crippen molar-refractivity contribution in [2.75, 3.05) is 5.32 Å². The van der Waals surface area contributed by atoms with E-state index in [1.807, 2.05) is 49.4 Å². The summed E-state index contributed by atoms with van der Waals surface area (Å²) < 4.78 is 0. The highest BCUT2D eigenvalue weighted by Gasteiger charge is 2.14. The number of rotatable bonds is 5. The number of amides is 1. The minimum Gasteiger partial charge on any atom is -0.309 e. The van der Waals surface area contributed by atoms with Crippen LogP contribution >= 0.6 is 0 Å². The summed E-state index contributed by atoms with van der Waals surface area (Å²) in [5, 5.41) is 10.2. The van der Waals surface area contributed by atoms with Gasteiger partial charge >= 0.3 is 0 Å². The third kappa shape index (κ3) is 3.71. The van der Waals surface area contributed by atoms with Crippen molar-refractivity contribution in [2.24, 2.45) is 0 Å². The molecule has 0 aliphatic carbocycles. The lowest BCUT2D eigenvalue weighted by atomic mass is 10.0. The number of benzene rings is 2. The molecule has 0 fully saturated rings. The van der Waals surface area contributed by atoms with Gasteiger partial charge in [0.15, 0.2) is 5.82 Å². The normalized spacial score (nSPS) is 10.6. The fourth-order valence-electron chi connectivity index (χ4n) is 2.69. The Bertz CT molecular complexity index is 820. The molecule has 2 aromatic carbocycles. The van der Waals surface area contributed by atoms with Crippen LogP contribution in [0.4, 0.5) is 5.82 Å². The molecule has 24 heavy (non-hydrogen) atoms. The average molecular weight is 319 g/mol. The molecule has 0 aliphatic heterocycles. The highest BCUT2D eigenvalue weighted by atomic mass is 16.1. The molecular weight excluding hydrogens is 298 g/mol. The van der Waals surface area contributed by atoms with E-state index in [9.17, 15) is 4.79 Å². The number of anilines is 1. The summed E-state index contributed by atoms with van der Waals surface area (Å²) in [7, 11) is 0.